The van der Waals surface area contributed by atoms with E-state index in [-0.39, 0.29) is 33.3 Å². The molecule has 1 aliphatic heterocycles. The Kier molecular flexibility index (Phi) is 6.09. The number of nitrogens with one attached hydrogen (secondary N) is 2. The van der Waals surface area contributed by atoms with Crippen molar-refractivity contribution in [3.63, 3.8) is 0 Å². The first kappa shape index (κ1) is 18.9. The van der Waals surface area contributed by atoms with Gasteiger partial charge in [-0.2, -0.15) is 0 Å². The first-order valence-corrected chi connectivity index (χ1v) is 9.20. The Balaban J connectivity index is 1.70. The number of aromatic nitrogens is 1. The fourth-order valence-corrected chi connectivity index (χ4v) is 3.36. The van der Waals surface area contributed by atoms with Crippen molar-refractivity contribution in [2.24, 2.45) is 5.92 Å². The third kappa shape index (κ3) is 4.66. The summed E-state index contributed by atoms with van der Waals surface area (Å²) in [5, 5.41) is 6.21. The standard InChI is InChI=1S/C17H18N4O5S/c1-25-21(24)14-10-19-17(27-14)20-15(22)12-4-2-3-5-13(12)26-16(23)11-6-8-18-9-7-11/h2-5,10-11,18H,6-9H2,1H3/p+1. The highest BCUT2D eigenvalue weighted by Crippen LogP contribution is 2.27. The summed E-state index contributed by atoms with van der Waals surface area (Å²) in [6.07, 6.45) is 2.71. The lowest BCUT2D eigenvalue weighted by atomic mass is 9.98. The molecule has 1 saturated heterocycles. The lowest BCUT2D eigenvalue weighted by Gasteiger charge is -2.21. The van der Waals surface area contributed by atoms with Gasteiger partial charge in [0.1, 0.15) is 11.9 Å². The molecule has 142 valence electrons. The summed E-state index contributed by atoms with van der Waals surface area (Å²) in [7, 11) is 1.23. The predicted octanol–water partition coefficient (Wildman–Crippen LogP) is 2.27. The van der Waals surface area contributed by atoms with Crippen molar-refractivity contribution in [3.05, 3.63) is 40.9 Å². The number of para-hydroxylation sites is 1. The van der Waals surface area contributed by atoms with Crippen molar-refractivity contribution >= 4 is 33.3 Å². The minimum Gasteiger partial charge on any atom is -0.425 e. The Hall–Kier alpha value is -2.85. The van der Waals surface area contributed by atoms with E-state index in [1.807, 2.05) is 0 Å². The van der Waals surface area contributed by atoms with Gasteiger partial charge in [0.25, 0.3) is 10.8 Å². The highest BCUT2D eigenvalue weighted by Gasteiger charge is 2.25. The molecule has 1 aliphatic rings. The van der Waals surface area contributed by atoms with Crippen LogP contribution in [-0.2, 0) is 9.63 Å². The molecule has 2 aromatic rings. The number of carbonyl (C=O) groups is 2. The molecular formula is C17H19N4O5S+. The molecule has 0 spiro atoms. The van der Waals surface area contributed by atoms with Crippen LogP contribution in [0.4, 0.5) is 10.1 Å². The summed E-state index contributed by atoms with van der Waals surface area (Å²) in [4.78, 5) is 45.1. The number of piperidine rings is 1. The molecular weight excluding hydrogens is 372 g/mol. The van der Waals surface area contributed by atoms with Gasteiger partial charge >= 0.3 is 11.0 Å². The molecule has 1 fully saturated rings. The molecule has 9 nitrogen and oxygen atoms in total. The molecule has 3 rings (SSSR count). The molecule has 1 aromatic heterocycles. The molecule has 10 heteroatoms. The van der Waals surface area contributed by atoms with Crippen LogP contribution in [0.5, 0.6) is 5.75 Å². The number of esters is 1. The second kappa shape index (κ2) is 8.69. The topological polar surface area (TPSA) is 110 Å². The van der Waals surface area contributed by atoms with Crippen LogP contribution in [0.3, 0.4) is 0 Å². The Morgan fingerprint density at radius 3 is 2.78 bits per heavy atom. The zero-order valence-corrected chi connectivity index (χ0v) is 15.5. The van der Waals surface area contributed by atoms with E-state index in [1.165, 1.54) is 13.3 Å². The van der Waals surface area contributed by atoms with E-state index in [4.69, 9.17) is 4.74 Å². The largest absolute Gasteiger partial charge is 0.425 e. The number of ether oxygens (including phenoxy) is 1. The van der Waals surface area contributed by atoms with E-state index < -0.39 is 5.91 Å². The maximum Gasteiger partial charge on any atom is 0.393 e. The Morgan fingerprint density at radius 2 is 2.04 bits per heavy atom. The van der Waals surface area contributed by atoms with E-state index in [1.54, 1.807) is 24.3 Å². The number of rotatable bonds is 6. The van der Waals surface area contributed by atoms with Gasteiger partial charge in [0, 0.05) is 0 Å². The zero-order chi connectivity index (χ0) is 19.2. The first-order chi connectivity index (χ1) is 13.1. The monoisotopic (exact) mass is 391 g/mol. The van der Waals surface area contributed by atoms with E-state index in [0.717, 1.165) is 24.4 Å². The molecule has 1 amide bonds. The number of amides is 1. The summed E-state index contributed by atoms with van der Waals surface area (Å²) >= 11 is 0.962. The van der Waals surface area contributed by atoms with E-state index in [2.05, 4.69) is 20.5 Å². The molecule has 2 N–H and O–H groups in total. The van der Waals surface area contributed by atoms with E-state index in [0.29, 0.717) is 17.8 Å². The lowest BCUT2D eigenvalue weighted by molar-refractivity contribution is -0.734. The minimum absolute atomic E-state index is 0.180. The number of benzene rings is 1. The van der Waals surface area contributed by atoms with Crippen LogP contribution >= 0.6 is 11.3 Å². The van der Waals surface area contributed by atoms with Crippen molar-refractivity contribution in [2.75, 3.05) is 25.5 Å². The van der Waals surface area contributed by atoms with Crippen LogP contribution in [0, 0.1) is 10.8 Å². The maximum absolute atomic E-state index is 12.6. The van der Waals surface area contributed by atoms with Gasteiger partial charge < -0.3 is 10.1 Å². The molecule has 0 saturated carbocycles. The van der Waals surface area contributed by atoms with Crippen LogP contribution in [0.25, 0.3) is 0 Å². The highest BCUT2D eigenvalue weighted by molar-refractivity contribution is 7.18. The fourth-order valence-electron chi connectivity index (χ4n) is 2.65. The van der Waals surface area contributed by atoms with Gasteiger partial charge in [0.05, 0.1) is 16.4 Å². The number of hydrogen-bond acceptors (Lipinski definition) is 8. The van der Waals surface area contributed by atoms with Crippen molar-refractivity contribution in [3.8, 4) is 5.75 Å². The van der Waals surface area contributed by atoms with Crippen molar-refractivity contribution in [2.45, 2.75) is 12.8 Å². The Labute approximate surface area is 159 Å². The van der Waals surface area contributed by atoms with Crippen molar-refractivity contribution in [1.82, 2.24) is 10.3 Å². The van der Waals surface area contributed by atoms with Crippen molar-refractivity contribution in [1.29, 1.82) is 0 Å². The predicted molar refractivity (Wildman–Crippen MR) is 98.0 cm³/mol. The highest BCUT2D eigenvalue weighted by atomic mass is 32.1. The molecule has 0 bridgehead atoms. The van der Waals surface area contributed by atoms with Gasteiger partial charge in [-0.05, 0) is 49.4 Å². The van der Waals surface area contributed by atoms with E-state index >= 15 is 0 Å². The van der Waals surface area contributed by atoms with Crippen molar-refractivity contribution < 1.29 is 24.1 Å². The number of anilines is 1. The second-order valence-electron chi connectivity index (χ2n) is 5.84. The van der Waals surface area contributed by atoms with Crippen LogP contribution < -0.4 is 15.4 Å². The third-order valence-electron chi connectivity index (χ3n) is 4.07. The summed E-state index contributed by atoms with van der Waals surface area (Å²) in [5.41, 5.74) is 0.210. The zero-order valence-electron chi connectivity index (χ0n) is 14.6. The van der Waals surface area contributed by atoms with Gasteiger partial charge in [-0.3, -0.25) is 14.9 Å². The van der Waals surface area contributed by atoms with Crippen LogP contribution in [0.15, 0.2) is 30.5 Å². The van der Waals surface area contributed by atoms with Crippen LogP contribution in [-0.4, -0.2) is 42.0 Å². The smallest absolute Gasteiger partial charge is 0.393 e. The number of carbonyl (C=O) groups excluding carboxylic acids is 2. The molecule has 0 radical (unpaired) electrons. The molecule has 0 unspecified atom stereocenters. The lowest BCUT2D eigenvalue weighted by Crippen LogP contribution is -2.34. The van der Waals surface area contributed by atoms with Crippen LogP contribution in [0.1, 0.15) is 23.2 Å². The SMILES string of the molecule is CO[N+](=O)c1cnc(NC(=O)c2ccccc2OC(=O)C2CCNCC2)s1. The second-order valence-corrected chi connectivity index (χ2v) is 6.85. The normalized spacial score (nSPS) is 14.4. The van der Waals surface area contributed by atoms with E-state index in [9.17, 15) is 14.5 Å². The molecule has 27 heavy (non-hydrogen) atoms. The molecule has 2 heterocycles. The van der Waals surface area contributed by atoms with Gasteiger partial charge in [0.15, 0.2) is 12.2 Å². The Morgan fingerprint density at radius 1 is 1.30 bits per heavy atom. The summed E-state index contributed by atoms with van der Waals surface area (Å²) < 4.78 is 5.48. The Bertz CT molecular complexity index is 847. The molecule has 1 aromatic carbocycles. The number of thiazole rings is 1. The number of hydrogen-bond donors (Lipinski definition) is 2. The summed E-state index contributed by atoms with van der Waals surface area (Å²) in [5.74, 6) is -0.812. The van der Waals surface area contributed by atoms with Gasteiger partial charge in [-0.25, -0.2) is 9.82 Å². The molecule has 0 atom stereocenters. The first-order valence-electron chi connectivity index (χ1n) is 8.38. The minimum atomic E-state index is -0.487. The third-order valence-corrected chi connectivity index (χ3v) is 4.94. The number of nitrogens with zero attached hydrogens (tertiary/aromatic N) is 2. The molecule has 0 aliphatic carbocycles. The maximum atomic E-state index is 12.6. The average Bonchev–Trinajstić information content (AvgIpc) is 3.16. The fraction of sp³-hybridized carbons (Fsp3) is 0.353. The summed E-state index contributed by atoms with van der Waals surface area (Å²) in [6, 6.07) is 6.50. The van der Waals surface area contributed by atoms with Gasteiger partial charge in [-0.1, -0.05) is 12.1 Å². The van der Waals surface area contributed by atoms with Gasteiger partial charge in [-0.15, -0.1) is 0 Å². The quantitative estimate of drug-likeness (QED) is 0.442. The van der Waals surface area contributed by atoms with Gasteiger partial charge in [0.2, 0.25) is 0 Å². The summed E-state index contributed by atoms with van der Waals surface area (Å²) in [6.45, 7) is 1.54. The van der Waals surface area contributed by atoms with Crippen LogP contribution in [0.2, 0.25) is 0 Å². The average molecular weight is 391 g/mol.